The number of carbonyl (C=O) groups is 1. The molecule has 1 aromatic heterocycles. The minimum Gasteiger partial charge on any atom is -1.00 e. The first-order chi connectivity index (χ1) is 11.3. The number of furan rings is 1. The maximum atomic E-state index is 11.2. The zero-order valence-corrected chi connectivity index (χ0v) is 17.6. The van der Waals surface area contributed by atoms with E-state index in [0.29, 0.717) is 13.2 Å². The van der Waals surface area contributed by atoms with Gasteiger partial charge in [-0.25, -0.2) is 4.79 Å². The predicted molar refractivity (Wildman–Crippen MR) is 94.7 cm³/mol. The van der Waals surface area contributed by atoms with Crippen molar-refractivity contribution in [2.75, 3.05) is 13.2 Å². The number of alkyl carbamates (subject to hydrolysis) is 1. The zero-order valence-electron chi connectivity index (χ0n) is 16.6. The van der Waals surface area contributed by atoms with E-state index in [-0.39, 0.29) is 37.1 Å². The number of amides is 1. The van der Waals surface area contributed by atoms with Gasteiger partial charge in [0.2, 0.25) is 0 Å². The average Bonchev–Trinajstić information content (AvgIpc) is 3.07. The second-order valence-corrected chi connectivity index (χ2v) is 6.07. The van der Waals surface area contributed by atoms with Gasteiger partial charge in [0, 0.05) is 13.0 Å². The number of hydrogen-bond acceptors (Lipinski definition) is 3. The third kappa shape index (κ3) is 13.9. The van der Waals surface area contributed by atoms with Crippen LogP contribution in [0, 0.1) is 0 Å². The molecule has 1 N–H and O–H groups in total. The Hall–Kier alpha value is -0.450. The van der Waals surface area contributed by atoms with Crippen molar-refractivity contribution in [3.05, 3.63) is 24.2 Å². The molecule has 1 rings (SSSR count). The minimum absolute atomic E-state index is 0. The van der Waals surface area contributed by atoms with Gasteiger partial charge in [-0.15, -0.1) is 0 Å². The van der Waals surface area contributed by atoms with Crippen LogP contribution < -0.4 is 34.9 Å². The van der Waals surface area contributed by atoms with Gasteiger partial charge in [-0.3, -0.25) is 0 Å². The summed E-state index contributed by atoms with van der Waals surface area (Å²) in [5.74, 6) is 1.11. The van der Waals surface area contributed by atoms with Gasteiger partial charge in [-0.1, -0.05) is 51.9 Å². The summed E-state index contributed by atoms with van der Waals surface area (Å²) in [5, 5.41) is 2.71. The summed E-state index contributed by atoms with van der Waals surface area (Å²) in [6.07, 6.45) is 14.6. The van der Waals surface area contributed by atoms with E-state index in [1.165, 1.54) is 44.9 Å². The van der Waals surface area contributed by atoms with E-state index in [9.17, 15) is 4.79 Å². The molecule has 0 saturated heterocycles. The monoisotopic (exact) mass is 347 g/mol. The molecule has 0 bridgehead atoms. The standard InChI is InChI=1S/C19H33NO3.Na.H/c1-2-15-20-19(21)23-16-11-9-7-5-3-4-6-8-10-13-18-14-12-17-22-18;;/h12,14,17H,2-11,13,15-16H2,1H3,(H,20,21);;/q;+1;-1. The molecule has 24 heavy (non-hydrogen) atoms. The largest absolute Gasteiger partial charge is 1.00 e. The maximum absolute atomic E-state index is 11.2. The van der Waals surface area contributed by atoms with Gasteiger partial charge >= 0.3 is 35.7 Å². The van der Waals surface area contributed by atoms with Crippen molar-refractivity contribution in [1.82, 2.24) is 5.32 Å². The first-order valence-electron chi connectivity index (χ1n) is 9.26. The van der Waals surface area contributed by atoms with E-state index < -0.39 is 0 Å². The number of unbranched alkanes of at least 4 members (excludes halogenated alkanes) is 8. The molecule has 0 aliphatic rings. The Kier molecular flexibility index (Phi) is 17.0. The Morgan fingerprint density at radius 1 is 1.08 bits per heavy atom. The predicted octanol–water partition coefficient (Wildman–Crippen LogP) is 2.59. The summed E-state index contributed by atoms with van der Waals surface area (Å²) in [6.45, 7) is 3.27. The Balaban J connectivity index is 0. The summed E-state index contributed by atoms with van der Waals surface area (Å²) in [5.41, 5.74) is 0. The molecule has 0 atom stereocenters. The van der Waals surface area contributed by atoms with E-state index in [4.69, 9.17) is 9.15 Å². The SMILES string of the molecule is CCCNC(=O)OCCCCCCCCCCCc1ccco1.[H-].[Na+]. The molecular weight excluding hydrogens is 313 g/mol. The third-order valence-corrected chi connectivity index (χ3v) is 3.90. The van der Waals surface area contributed by atoms with Crippen molar-refractivity contribution >= 4 is 6.09 Å². The topological polar surface area (TPSA) is 51.5 Å². The fraction of sp³-hybridized carbons (Fsp3) is 0.737. The van der Waals surface area contributed by atoms with Gasteiger partial charge in [0.05, 0.1) is 12.9 Å². The molecule has 0 fully saturated rings. The van der Waals surface area contributed by atoms with E-state index in [2.05, 4.69) is 11.4 Å². The number of nitrogens with one attached hydrogen (secondary N) is 1. The van der Waals surface area contributed by atoms with Crippen molar-refractivity contribution in [1.29, 1.82) is 0 Å². The molecule has 134 valence electrons. The van der Waals surface area contributed by atoms with Crippen LogP contribution in [-0.2, 0) is 11.2 Å². The quantitative estimate of drug-likeness (QED) is 0.416. The van der Waals surface area contributed by atoms with Crippen molar-refractivity contribution in [2.24, 2.45) is 0 Å². The number of aryl methyl sites for hydroxylation is 1. The van der Waals surface area contributed by atoms with Crippen molar-refractivity contribution in [3.8, 4) is 0 Å². The molecule has 0 unspecified atom stereocenters. The number of hydrogen-bond donors (Lipinski definition) is 1. The average molecular weight is 347 g/mol. The molecule has 0 aliphatic carbocycles. The normalized spacial score (nSPS) is 10.2. The fourth-order valence-electron chi connectivity index (χ4n) is 2.54. The van der Waals surface area contributed by atoms with Crippen molar-refractivity contribution < 1.29 is 44.9 Å². The first kappa shape index (κ1) is 23.5. The second-order valence-electron chi connectivity index (χ2n) is 6.07. The van der Waals surface area contributed by atoms with Crippen LogP contribution in [0.15, 0.2) is 22.8 Å². The fourth-order valence-corrected chi connectivity index (χ4v) is 2.54. The van der Waals surface area contributed by atoms with Crippen LogP contribution >= 0.6 is 0 Å². The number of rotatable bonds is 14. The van der Waals surface area contributed by atoms with E-state index >= 15 is 0 Å². The number of carbonyl (C=O) groups excluding carboxylic acids is 1. The Morgan fingerprint density at radius 2 is 1.71 bits per heavy atom. The van der Waals surface area contributed by atoms with Gasteiger partial charge in [-0.05, 0) is 31.4 Å². The summed E-state index contributed by atoms with van der Waals surface area (Å²) in [6, 6.07) is 4.01. The first-order valence-corrected chi connectivity index (χ1v) is 9.26. The van der Waals surface area contributed by atoms with Gasteiger partial charge < -0.3 is 15.9 Å². The van der Waals surface area contributed by atoms with Crippen LogP contribution in [0.2, 0.25) is 0 Å². The summed E-state index contributed by atoms with van der Waals surface area (Å²) in [7, 11) is 0. The Morgan fingerprint density at radius 3 is 2.29 bits per heavy atom. The molecule has 1 heterocycles. The Labute approximate surface area is 170 Å². The van der Waals surface area contributed by atoms with Gasteiger partial charge in [0.1, 0.15) is 5.76 Å². The van der Waals surface area contributed by atoms with Crippen LogP contribution in [-0.4, -0.2) is 19.2 Å². The molecule has 0 radical (unpaired) electrons. The van der Waals surface area contributed by atoms with Crippen LogP contribution in [0.5, 0.6) is 0 Å². The zero-order chi connectivity index (χ0) is 16.6. The molecule has 0 saturated carbocycles. The smallest absolute Gasteiger partial charge is 1.00 e. The third-order valence-electron chi connectivity index (χ3n) is 3.90. The summed E-state index contributed by atoms with van der Waals surface area (Å²) in [4.78, 5) is 11.2. The van der Waals surface area contributed by atoms with E-state index in [1.807, 2.05) is 13.0 Å². The minimum atomic E-state index is -0.276. The molecule has 0 aromatic carbocycles. The molecule has 0 spiro atoms. The molecule has 4 nitrogen and oxygen atoms in total. The van der Waals surface area contributed by atoms with E-state index in [0.717, 1.165) is 31.4 Å². The molecule has 1 aromatic rings. The van der Waals surface area contributed by atoms with Crippen molar-refractivity contribution in [3.63, 3.8) is 0 Å². The molecular formula is C19H34NNaO3. The van der Waals surface area contributed by atoms with Gasteiger partial charge in [0.15, 0.2) is 0 Å². The number of ether oxygens (including phenoxy) is 1. The maximum Gasteiger partial charge on any atom is 1.00 e. The summed E-state index contributed by atoms with van der Waals surface area (Å²) < 4.78 is 10.4. The van der Waals surface area contributed by atoms with Crippen LogP contribution in [0.25, 0.3) is 0 Å². The van der Waals surface area contributed by atoms with Crippen LogP contribution in [0.3, 0.4) is 0 Å². The molecule has 1 amide bonds. The van der Waals surface area contributed by atoms with Crippen LogP contribution in [0.4, 0.5) is 4.79 Å². The molecule has 5 heteroatoms. The summed E-state index contributed by atoms with van der Waals surface area (Å²) >= 11 is 0. The Bertz CT molecular complexity index is 388. The van der Waals surface area contributed by atoms with E-state index in [1.54, 1.807) is 6.26 Å². The molecule has 0 aliphatic heterocycles. The van der Waals surface area contributed by atoms with Gasteiger partial charge in [0.25, 0.3) is 0 Å². The van der Waals surface area contributed by atoms with Crippen molar-refractivity contribution in [2.45, 2.75) is 77.6 Å². The van der Waals surface area contributed by atoms with Gasteiger partial charge in [-0.2, -0.15) is 0 Å². The van der Waals surface area contributed by atoms with Crippen LogP contribution in [0.1, 0.15) is 78.3 Å². The second kappa shape index (κ2) is 17.4.